The minimum absolute atomic E-state index is 0.389. The molecule has 1 rings (SSSR count). The number of anilines is 1. The van der Waals surface area contributed by atoms with Gasteiger partial charge >= 0.3 is 5.97 Å². The summed E-state index contributed by atoms with van der Waals surface area (Å²) in [6.45, 7) is 4.50. The lowest BCUT2D eigenvalue weighted by Crippen LogP contribution is -2.10. The van der Waals surface area contributed by atoms with E-state index >= 15 is 0 Å². The molecule has 0 radical (unpaired) electrons. The van der Waals surface area contributed by atoms with Crippen molar-refractivity contribution in [3.63, 3.8) is 0 Å². The Bertz CT molecular complexity index is 520. The molecule has 0 aromatic heterocycles. The molecule has 0 aliphatic carbocycles. The molecule has 6 heteroatoms. The highest BCUT2D eigenvalue weighted by molar-refractivity contribution is 7.92. The second-order valence-corrected chi connectivity index (χ2v) is 6.52. The zero-order valence-electron chi connectivity index (χ0n) is 11.3. The Morgan fingerprint density at radius 1 is 1.26 bits per heavy atom. The van der Waals surface area contributed by atoms with Gasteiger partial charge in [0.25, 0.3) is 0 Å². The van der Waals surface area contributed by atoms with Gasteiger partial charge in [-0.2, -0.15) is 0 Å². The number of benzene rings is 1. The van der Waals surface area contributed by atoms with E-state index in [-0.39, 0.29) is 0 Å². The van der Waals surface area contributed by atoms with E-state index < -0.39 is 16.0 Å². The van der Waals surface area contributed by atoms with Crippen molar-refractivity contribution in [2.24, 2.45) is 5.92 Å². The number of hydrogen-bond acceptors (Lipinski definition) is 4. The van der Waals surface area contributed by atoms with E-state index in [9.17, 15) is 13.2 Å². The smallest absolute Gasteiger partial charge is 0.338 e. The molecule has 1 N–H and O–H groups in total. The van der Waals surface area contributed by atoms with Gasteiger partial charge in [0.05, 0.1) is 18.4 Å². The quantitative estimate of drug-likeness (QED) is 0.814. The second kappa shape index (κ2) is 6.56. The van der Waals surface area contributed by atoms with Gasteiger partial charge in [0.1, 0.15) is 0 Å². The Balaban J connectivity index is 2.58. The zero-order valence-corrected chi connectivity index (χ0v) is 12.2. The van der Waals surface area contributed by atoms with Gasteiger partial charge in [-0.3, -0.25) is 4.72 Å². The molecule has 1 aromatic rings. The molecule has 0 aliphatic rings. The molecule has 5 nitrogen and oxygen atoms in total. The lowest BCUT2D eigenvalue weighted by atomic mass is 10.1. The lowest BCUT2D eigenvalue weighted by molar-refractivity contribution is 0.0488. The molecule has 0 atom stereocenters. The molecule has 1 aromatic carbocycles. The maximum absolute atomic E-state index is 11.7. The first-order valence-corrected chi connectivity index (χ1v) is 7.92. The predicted octanol–water partition coefficient (Wildman–Crippen LogP) is 2.26. The normalized spacial score (nSPS) is 11.4. The van der Waals surface area contributed by atoms with Gasteiger partial charge in [-0.15, -0.1) is 0 Å². The number of nitrogens with one attached hydrogen (secondary N) is 1. The van der Waals surface area contributed by atoms with Crippen LogP contribution in [-0.4, -0.2) is 27.2 Å². The van der Waals surface area contributed by atoms with Gasteiger partial charge < -0.3 is 4.74 Å². The molecule has 106 valence electrons. The zero-order chi connectivity index (χ0) is 14.5. The Labute approximate surface area is 114 Å². The fourth-order valence-corrected chi connectivity index (χ4v) is 1.92. The van der Waals surface area contributed by atoms with Crippen LogP contribution in [0.5, 0.6) is 0 Å². The average molecular weight is 285 g/mol. The highest BCUT2D eigenvalue weighted by atomic mass is 32.2. The number of carbonyl (C=O) groups is 1. The third kappa shape index (κ3) is 6.24. The minimum Gasteiger partial charge on any atom is -0.462 e. The van der Waals surface area contributed by atoms with Crippen LogP contribution in [0.15, 0.2) is 24.3 Å². The van der Waals surface area contributed by atoms with Crippen molar-refractivity contribution >= 4 is 21.7 Å². The molecule has 0 unspecified atom stereocenters. The Hall–Kier alpha value is -1.56. The van der Waals surface area contributed by atoms with Crippen LogP contribution in [0.2, 0.25) is 0 Å². The van der Waals surface area contributed by atoms with Crippen molar-refractivity contribution in [2.45, 2.75) is 20.3 Å². The number of carbonyl (C=O) groups excluding carboxylic acids is 1. The summed E-state index contributed by atoms with van der Waals surface area (Å²) >= 11 is 0. The van der Waals surface area contributed by atoms with Crippen LogP contribution >= 0.6 is 0 Å². The van der Waals surface area contributed by atoms with Crippen molar-refractivity contribution < 1.29 is 17.9 Å². The van der Waals surface area contributed by atoms with Crippen molar-refractivity contribution in [3.8, 4) is 0 Å². The summed E-state index contributed by atoms with van der Waals surface area (Å²) in [4.78, 5) is 11.7. The first-order chi connectivity index (χ1) is 8.78. The maximum Gasteiger partial charge on any atom is 0.338 e. The van der Waals surface area contributed by atoms with Crippen molar-refractivity contribution in [3.05, 3.63) is 29.8 Å². The maximum atomic E-state index is 11.7. The molecule has 0 saturated carbocycles. The Kier molecular flexibility index (Phi) is 5.35. The lowest BCUT2D eigenvalue weighted by Gasteiger charge is -2.07. The number of esters is 1. The van der Waals surface area contributed by atoms with Gasteiger partial charge in [0, 0.05) is 5.69 Å². The van der Waals surface area contributed by atoms with E-state index in [0.717, 1.165) is 12.7 Å². The molecule has 0 spiro atoms. The molecule has 0 fully saturated rings. The molecule has 0 bridgehead atoms. The molecule has 0 heterocycles. The molecular formula is C13H19NO4S. The van der Waals surface area contributed by atoms with E-state index in [1.165, 1.54) is 24.3 Å². The first-order valence-electron chi connectivity index (χ1n) is 6.03. The van der Waals surface area contributed by atoms with Crippen LogP contribution in [0, 0.1) is 5.92 Å². The molecular weight excluding hydrogens is 266 g/mol. The highest BCUT2D eigenvalue weighted by Gasteiger charge is 2.08. The molecule has 19 heavy (non-hydrogen) atoms. The van der Waals surface area contributed by atoms with Gasteiger partial charge in [-0.25, -0.2) is 13.2 Å². The fraction of sp³-hybridized carbons (Fsp3) is 0.462. The number of hydrogen-bond donors (Lipinski definition) is 1. The van der Waals surface area contributed by atoms with Gasteiger partial charge in [-0.05, 0) is 36.6 Å². The fourth-order valence-electron chi connectivity index (χ4n) is 1.36. The van der Waals surface area contributed by atoms with E-state index in [1.54, 1.807) is 0 Å². The number of sulfonamides is 1. The van der Waals surface area contributed by atoms with E-state index in [2.05, 4.69) is 18.6 Å². The Morgan fingerprint density at radius 3 is 2.32 bits per heavy atom. The number of ether oxygens (including phenoxy) is 1. The summed E-state index contributed by atoms with van der Waals surface area (Å²) in [6.07, 6.45) is 1.89. The summed E-state index contributed by atoms with van der Waals surface area (Å²) < 4.78 is 29.5. The van der Waals surface area contributed by atoms with Crippen LogP contribution in [0.4, 0.5) is 5.69 Å². The van der Waals surface area contributed by atoms with Crippen LogP contribution in [0.3, 0.4) is 0 Å². The summed E-state index contributed by atoms with van der Waals surface area (Å²) in [5.74, 6) is 0.0840. The Morgan fingerprint density at radius 2 is 1.84 bits per heavy atom. The van der Waals surface area contributed by atoms with Crippen LogP contribution < -0.4 is 4.72 Å². The SMILES string of the molecule is CC(C)CCOC(=O)c1ccc(NS(C)(=O)=O)cc1. The summed E-state index contributed by atoms with van der Waals surface area (Å²) in [6, 6.07) is 6.12. The van der Waals surface area contributed by atoms with Crippen LogP contribution in [-0.2, 0) is 14.8 Å². The highest BCUT2D eigenvalue weighted by Crippen LogP contribution is 2.12. The molecule has 0 amide bonds. The average Bonchev–Trinajstić information content (AvgIpc) is 2.27. The molecule has 0 aliphatic heterocycles. The van der Waals surface area contributed by atoms with E-state index in [0.29, 0.717) is 23.8 Å². The van der Waals surface area contributed by atoms with Gasteiger partial charge in [-0.1, -0.05) is 13.8 Å². The first kappa shape index (κ1) is 15.5. The third-order valence-corrected chi connectivity index (χ3v) is 2.96. The van der Waals surface area contributed by atoms with Gasteiger partial charge in [0.15, 0.2) is 0 Å². The minimum atomic E-state index is -3.30. The predicted molar refractivity (Wildman–Crippen MR) is 74.6 cm³/mol. The summed E-state index contributed by atoms with van der Waals surface area (Å²) in [5, 5.41) is 0. The summed E-state index contributed by atoms with van der Waals surface area (Å²) in [7, 11) is -3.30. The van der Waals surface area contributed by atoms with E-state index in [1.807, 2.05) is 0 Å². The van der Waals surface area contributed by atoms with Crippen LogP contribution in [0.1, 0.15) is 30.6 Å². The van der Waals surface area contributed by atoms with Crippen molar-refractivity contribution in [2.75, 3.05) is 17.6 Å². The topological polar surface area (TPSA) is 72.5 Å². The monoisotopic (exact) mass is 285 g/mol. The summed E-state index contributed by atoms with van der Waals surface area (Å²) in [5.41, 5.74) is 0.823. The van der Waals surface area contributed by atoms with Crippen molar-refractivity contribution in [1.29, 1.82) is 0 Å². The van der Waals surface area contributed by atoms with Crippen LogP contribution in [0.25, 0.3) is 0 Å². The standard InChI is InChI=1S/C13H19NO4S/c1-10(2)8-9-18-13(15)11-4-6-12(7-5-11)14-19(3,16)17/h4-7,10,14H,8-9H2,1-3H3. The van der Waals surface area contributed by atoms with Gasteiger partial charge in [0.2, 0.25) is 10.0 Å². The molecule has 0 saturated heterocycles. The largest absolute Gasteiger partial charge is 0.462 e. The second-order valence-electron chi connectivity index (χ2n) is 4.77. The third-order valence-electron chi connectivity index (χ3n) is 2.35. The number of rotatable bonds is 6. The van der Waals surface area contributed by atoms with Crippen molar-refractivity contribution in [1.82, 2.24) is 0 Å². The van der Waals surface area contributed by atoms with E-state index in [4.69, 9.17) is 4.74 Å².